The Morgan fingerprint density at radius 3 is 2.61 bits per heavy atom. The molecule has 0 spiro atoms. The molecule has 0 bridgehead atoms. The van der Waals surface area contributed by atoms with Gasteiger partial charge >= 0.3 is 0 Å². The van der Waals surface area contributed by atoms with Crippen LogP contribution in [0.3, 0.4) is 0 Å². The normalized spacial score (nSPS) is 15.0. The highest BCUT2D eigenvalue weighted by Crippen LogP contribution is 2.27. The average Bonchev–Trinajstić information content (AvgIpc) is 3.13. The first-order chi connectivity index (χ1) is 13.5. The third-order valence-corrected chi connectivity index (χ3v) is 4.82. The van der Waals surface area contributed by atoms with Gasteiger partial charge in [-0.3, -0.25) is 4.57 Å². The van der Waals surface area contributed by atoms with E-state index in [0.29, 0.717) is 17.8 Å². The quantitative estimate of drug-likeness (QED) is 0.705. The minimum atomic E-state index is 0.182. The summed E-state index contributed by atoms with van der Waals surface area (Å²) in [7, 11) is 1.91. The number of nitrogens with zero attached hydrogens (tertiary/aromatic N) is 7. The SMILES string of the molecule is C[C](C)CN1CC(c2cn(-c3nc(N)nc(N(C)c4ccccc4)n3)cn2)C1. The van der Waals surface area contributed by atoms with Crippen molar-refractivity contribution in [1.29, 1.82) is 0 Å². The molecule has 4 rings (SSSR count). The predicted octanol–water partition coefficient (Wildman–Crippen LogP) is 2.42. The Hall–Kier alpha value is -3.00. The summed E-state index contributed by atoms with van der Waals surface area (Å²) in [4.78, 5) is 22.0. The van der Waals surface area contributed by atoms with Gasteiger partial charge in [-0.2, -0.15) is 15.0 Å². The molecule has 1 aromatic carbocycles. The lowest BCUT2D eigenvalue weighted by molar-refractivity contribution is 0.153. The van der Waals surface area contributed by atoms with E-state index in [9.17, 15) is 0 Å². The van der Waals surface area contributed by atoms with Crippen molar-refractivity contribution in [2.75, 3.05) is 37.3 Å². The maximum Gasteiger partial charge on any atom is 0.241 e. The molecule has 145 valence electrons. The zero-order valence-electron chi connectivity index (χ0n) is 16.4. The standard InChI is InChI=1S/C20H25N8/c1-14(2)9-27-10-15(11-27)17-12-28(13-22-17)20-24-18(21)23-19(25-20)26(3)16-7-5-4-6-8-16/h4-8,12-13,15H,9-11H2,1-3H3,(H2,21,23,24,25). The number of para-hydroxylation sites is 1. The van der Waals surface area contributed by atoms with E-state index in [1.165, 1.54) is 5.92 Å². The second-order valence-electron chi connectivity index (χ2n) is 7.49. The minimum Gasteiger partial charge on any atom is -0.368 e. The first kappa shape index (κ1) is 18.4. The van der Waals surface area contributed by atoms with Gasteiger partial charge in [0.1, 0.15) is 6.33 Å². The minimum absolute atomic E-state index is 0.182. The number of benzene rings is 1. The van der Waals surface area contributed by atoms with Crippen LogP contribution in [0.2, 0.25) is 0 Å². The Bertz CT molecular complexity index is 930. The molecule has 1 radical (unpaired) electrons. The molecule has 1 fully saturated rings. The zero-order chi connectivity index (χ0) is 19.7. The molecule has 0 atom stereocenters. The average molecular weight is 377 g/mol. The van der Waals surface area contributed by atoms with Crippen LogP contribution in [-0.2, 0) is 0 Å². The second kappa shape index (κ2) is 7.55. The van der Waals surface area contributed by atoms with E-state index >= 15 is 0 Å². The van der Waals surface area contributed by atoms with Crippen LogP contribution >= 0.6 is 0 Å². The van der Waals surface area contributed by atoms with Crippen LogP contribution in [0.25, 0.3) is 5.95 Å². The molecule has 28 heavy (non-hydrogen) atoms. The summed E-state index contributed by atoms with van der Waals surface area (Å²) in [5, 5.41) is 0. The summed E-state index contributed by atoms with van der Waals surface area (Å²) in [6.45, 7) is 7.44. The van der Waals surface area contributed by atoms with E-state index in [4.69, 9.17) is 5.73 Å². The highest BCUT2D eigenvalue weighted by atomic mass is 15.3. The maximum absolute atomic E-state index is 5.95. The largest absolute Gasteiger partial charge is 0.368 e. The van der Waals surface area contributed by atoms with Crippen molar-refractivity contribution in [3.63, 3.8) is 0 Å². The van der Waals surface area contributed by atoms with Crippen molar-refractivity contribution in [3.8, 4) is 5.95 Å². The van der Waals surface area contributed by atoms with E-state index in [1.807, 2.05) is 53.0 Å². The Labute approximate surface area is 165 Å². The Kier molecular flexibility index (Phi) is 4.95. The van der Waals surface area contributed by atoms with E-state index < -0.39 is 0 Å². The van der Waals surface area contributed by atoms with Gasteiger partial charge in [-0.1, -0.05) is 32.0 Å². The molecule has 0 amide bonds. The van der Waals surface area contributed by atoms with Crippen molar-refractivity contribution in [2.45, 2.75) is 19.8 Å². The number of imidazole rings is 1. The van der Waals surface area contributed by atoms with Crippen LogP contribution < -0.4 is 10.6 Å². The molecule has 3 aromatic rings. The van der Waals surface area contributed by atoms with Crippen LogP contribution in [0.15, 0.2) is 42.9 Å². The van der Waals surface area contributed by atoms with Crippen molar-refractivity contribution in [1.82, 2.24) is 29.4 Å². The smallest absolute Gasteiger partial charge is 0.241 e. The molecule has 1 aliphatic rings. The molecule has 1 aliphatic heterocycles. The van der Waals surface area contributed by atoms with Crippen molar-refractivity contribution < 1.29 is 0 Å². The van der Waals surface area contributed by atoms with Gasteiger partial charge in [-0.05, 0) is 18.1 Å². The van der Waals surface area contributed by atoms with Crippen molar-refractivity contribution >= 4 is 17.6 Å². The Balaban J connectivity index is 1.53. The lowest BCUT2D eigenvalue weighted by atomic mass is 9.96. The van der Waals surface area contributed by atoms with Gasteiger partial charge in [0.25, 0.3) is 0 Å². The molecule has 8 nitrogen and oxygen atoms in total. The first-order valence-corrected chi connectivity index (χ1v) is 9.35. The molecule has 0 unspecified atom stereocenters. The van der Waals surface area contributed by atoms with Gasteiger partial charge in [0.05, 0.1) is 5.69 Å². The highest BCUT2D eigenvalue weighted by Gasteiger charge is 2.30. The van der Waals surface area contributed by atoms with Crippen molar-refractivity contribution in [2.24, 2.45) is 0 Å². The van der Waals surface area contributed by atoms with Crippen LogP contribution in [0.1, 0.15) is 25.5 Å². The van der Waals surface area contributed by atoms with Gasteiger partial charge in [0, 0.05) is 44.5 Å². The molecule has 3 heterocycles. The summed E-state index contributed by atoms with van der Waals surface area (Å²) in [5.41, 5.74) is 7.98. The van der Waals surface area contributed by atoms with E-state index in [-0.39, 0.29) is 5.95 Å². The van der Waals surface area contributed by atoms with Crippen LogP contribution in [0, 0.1) is 5.92 Å². The molecule has 1 saturated heterocycles. The van der Waals surface area contributed by atoms with Gasteiger partial charge in [0.15, 0.2) is 0 Å². The highest BCUT2D eigenvalue weighted by molar-refractivity contribution is 5.57. The number of nitrogens with two attached hydrogens (primary N) is 1. The van der Waals surface area contributed by atoms with Crippen LogP contribution in [0.5, 0.6) is 0 Å². The van der Waals surface area contributed by atoms with E-state index in [0.717, 1.165) is 31.0 Å². The second-order valence-corrected chi connectivity index (χ2v) is 7.49. The summed E-state index contributed by atoms with van der Waals surface area (Å²) >= 11 is 0. The van der Waals surface area contributed by atoms with Crippen LogP contribution in [0.4, 0.5) is 17.6 Å². The summed E-state index contributed by atoms with van der Waals surface area (Å²) in [5.74, 6) is 3.03. The topological polar surface area (TPSA) is 89.0 Å². The van der Waals surface area contributed by atoms with Gasteiger partial charge in [-0.15, -0.1) is 0 Å². The zero-order valence-corrected chi connectivity index (χ0v) is 16.4. The molecule has 0 aliphatic carbocycles. The summed E-state index contributed by atoms with van der Waals surface area (Å²) < 4.78 is 1.82. The van der Waals surface area contributed by atoms with Crippen molar-refractivity contribution in [3.05, 3.63) is 54.5 Å². The van der Waals surface area contributed by atoms with Gasteiger partial charge in [-0.25, -0.2) is 4.98 Å². The predicted molar refractivity (Wildman–Crippen MR) is 110 cm³/mol. The van der Waals surface area contributed by atoms with Gasteiger partial charge in [0.2, 0.25) is 17.8 Å². The first-order valence-electron chi connectivity index (χ1n) is 9.35. The molecule has 2 N–H and O–H groups in total. The van der Waals surface area contributed by atoms with Gasteiger partial charge < -0.3 is 15.5 Å². The number of hydrogen-bond acceptors (Lipinski definition) is 7. The fourth-order valence-corrected chi connectivity index (χ4v) is 3.39. The number of likely N-dealkylation sites (tertiary alicyclic amines) is 1. The van der Waals surface area contributed by atoms with Crippen LogP contribution in [-0.4, -0.2) is 56.1 Å². The van der Waals surface area contributed by atoms with E-state index in [1.54, 1.807) is 6.33 Å². The number of nitrogen functional groups attached to an aromatic ring is 1. The lowest BCUT2D eigenvalue weighted by Gasteiger charge is -2.39. The molecular formula is C20H25N8. The summed E-state index contributed by atoms with van der Waals surface area (Å²) in [6.07, 6.45) is 3.74. The fraction of sp³-hybridized carbons (Fsp3) is 0.350. The molecule has 8 heteroatoms. The number of hydrogen-bond donors (Lipinski definition) is 1. The third-order valence-electron chi connectivity index (χ3n) is 4.82. The Morgan fingerprint density at radius 1 is 1.14 bits per heavy atom. The fourth-order valence-electron chi connectivity index (χ4n) is 3.39. The van der Waals surface area contributed by atoms with E-state index in [2.05, 4.69) is 38.7 Å². The molecule has 0 saturated carbocycles. The summed E-state index contributed by atoms with van der Waals surface area (Å²) in [6, 6.07) is 9.90. The third kappa shape index (κ3) is 3.82. The Morgan fingerprint density at radius 2 is 1.89 bits per heavy atom. The number of anilines is 3. The number of aromatic nitrogens is 5. The number of rotatable bonds is 6. The monoisotopic (exact) mass is 377 g/mol. The maximum atomic E-state index is 5.95. The molecular weight excluding hydrogens is 352 g/mol. The molecule has 2 aromatic heterocycles. The lowest BCUT2D eigenvalue weighted by Crippen LogP contribution is -2.46.